The Labute approximate surface area is 122 Å². The smallest absolute Gasteiger partial charge is 0.276 e. The molecule has 1 amide bonds. The van der Waals surface area contributed by atoms with Crippen molar-refractivity contribution in [1.29, 1.82) is 5.26 Å². The minimum absolute atomic E-state index is 0.0964. The van der Waals surface area contributed by atoms with Gasteiger partial charge in [0.25, 0.3) is 5.91 Å². The van der Waals surface area contributed by atoms with Crippen molar-refractivity contribution < 1.29 is 4.79 Å². The van der Waals surface area contributed by atoms with Crippen molar-refractivity contribution in [1.82, 2.24) is 9.97 Å². The number of benzene rings is 1. The second-order valence-electron chi connectivity index (χ2n) is 4.83. The van der Waals surface area contributed by atoms with Crippen LogP contribution in [-0.4, -0.2) is 15.9 Å². The van der Waals surface area contributed by atoms with Gasteiger partial charge in [-0.1, -0.05) is 19.9 Å². The summed E-state index contributed by atoms with van der Waals surface area (Å²) in [4.78, 5) is 20.5. The number of anilines is 2. The van der Waals surface area contributed by atoms with Gasteiger partial charge in [0.2, 0.25) is 0 Å². The number of hydrogen-bond donors (Lipinski definition) is 2. The maximum absolute atomic E-state index is 12.2. The zero-order valence-corrected chi connectivity index (χ0v) is 11.8. The van der Waals surface area contributed by atoms with E-state index in [9.17, 15) is 4.79 Å². The standard InChI is InChI=1S/C15H15N5O/c1-9(2)14-18-8-12(17)13(20-14)15(21)19-11-5-3-4-10(6-11)7-16/h3-6,8-9H,17H2,1-2H3,(H,19,21). The first kappa shape index (κ1) is 14.5. The summed E-state index contributed by atoms with van der Waals surface area (Å²) in [6.45, 7) is 3.87. The molecule has 0 spiro atoms. The number of nitrogens with two attached hydrogens (primary N) is 1. The van der Waals surface area contributed by atoms with Crippen molar-refractivity contribution in [3.05, 3.63) is 47.5 Å². The Hall–Kier alpha value is -2.94. The highest BCUT2D eigenvalue weighted by molar-refractivity contribution is 6.06. The molecule has 1 aromatic heterocycles. The summed E-state index contributed by atoms with van der Waals surface area (Å²) in [6.07, 6.45) is 1.43. The monoisotopic (exact) mass is 281 g/mol. The van der Waals surface area contributed by atoms with Crippen molar-refractivity contribution in [3.63, 3.8) is 0 Å². The van der Waals surface area contributed by atoms with E-state index in [1.165, 1.54) is 6.20 Å². The van der Waals surface area contributed by atoms with Crippen LogP contribution in [-0.2, 0) is 0 Å². The number of carbonyl (C=O) groups is 1. The molecule has 6 heteroatoms. The first-order valence-electron chi connectivity index (χ1n) is 6.45. The topological polar surface area (TPSA) is 105 Å². The normalized spacial score (nSPS) is 10.2. The van der Waals surface area contributed by atoms with Crippen molar-refractivity contribution in [2.24, 2.45) is 0 Å². The van der Waals surface area contributed by atoms with Crippen LogP contribution in [0.2, 0.25) is 0 Å². The molecule has 1 heterocycles. The zero-order valence-electron chi connectivity index (χ0n) is 11.8. The number of nitrogen functional groups attached to an aromatic ring is 1. The Balaban J connectivity index is 2.28. The number of nitriles is 1. The third-order valence-electron chi connectivity index (χ3n) is 2.82. The Bertz CT molecular complexity index is 718. The Morgan fingerprint density at radius 1 is 1.43 bits per heavy atom. The van der Waals surface area contributed by atoms with E-state index in [2.05, 4.69) is 15.3 Å². The van der Waals surface area contributed by atoms with Gasteiger partial charge in [0, 0.05) is 11.6 Å². The zero-order chi connectivity index (χ0) is 15.4. The van der Waals surface area contributed by atoms with Crippen LogP contribution in [0.25, 0.3) is 0 Å². The molecule has 0 aliphatic heterocycles. The Morgan fingerprint density at radius 3 is 2.86 bits per heavy atom. The maximum Gasteiger partial charge on any atom is 0.276 e. The molecule has 0 saturated carbocycles. The van der Waals surface area contributed by atoms with Crippen molar-refractivity contribution in [3.8, 4) is 6.07 Å². The van der Waals surface area contributed by atoms with Crippen molar-refractivity contribution >= 4 is 17.3 Å². The van der Waals surface area contributed by atoms with Gasteiger partial charge in [-0.25, -0.2) is 9.97 Å². The highest BCUT2D eigenvalue weighted by Gasteiger charge is 2.15. The molecule has 0 saturated heterocycles. The van der Waals surface area contributed by atoms with E-state index >= 15 is 0 Å². The molecule has 0 aliphatic carbocycles. The number of hydrogen-bond acceptors (Lipinski definition) is 5. The number of amides is 1. The van der Waals surface area contributed by atoms with E-state index in [0.29, 0.717) is 17.1 Å². The second kappa shape index (κ2) is 6.01. The average molecular weight is 281 g/mol. The summed E-state index contributed by atoms with van der Waals surface area (Å²) in [6, 6.07) is 8.64. The molecule has 2 aromatic rings. The summed E-state index contributed by atoms with van der Waals surface area (Å²) in [5, 5.41) is 11.5. The SMILES string of the molecule is CC(C)c1ncc(N)c(C(=O)Nc2cccc(C#N)c2)n1. The van der Waals surface area contributed by atoms with Crippen LogP contribution < -0.4 is 11.1 Å². The average Bonchev–Trinajstić information content (AvgIpc) is 2.47. The molecular weight excluding hydrogens is 266 g/mol. The second-order valence-corrected chi connectivity index (χ2v) is 4.83. The van der Waals surface area contributed by atoms with Gasteiger partial charge in [-0.3, -0.25) is 4.79 Å². The van der Waals surface area contributed by atoms with Crippen LogP contribution in [0, 0.1) is 11.3 Å². The summed E-state index contributed by atoms with van der Waals surface area (Å²) in [5.74, 6) is 0.228. The molecule has 0 atom stereocenters. The summed E-state index contributed by atoms with van der Waals surface area (Å²) >= 11 is 0. The Kier molecular flexibility index (Phi) is 4.14. The van der Waals surface area contributed by atoms with Gasteiger partial charge in [-0.2, -0.15) is 5.26 Å². The van der Waals surface area contributed by atoms with E-state index in [1.807, 2.05) is 19.9 Å². The van der Waals surface area contributed by atoms with Gasteiger partial charge >= 0.3 is 0 Å². The lowest BCUT2D eigenvalue weighted by Crippen LogP contribution is -2.18. The highest BCUT2D eigenvalue weighted by Crippen LogP contribution is 2.16. The molecule has 1 aromatic carbocycles. The number of nitrogens with one attached hydrogen (secondary N) is 1. The van der Waals surface area contributed by atoms with E-state index in [-0.39, 0.29) is 17.3 Å². The molecule has 0 bridgehead atoms. The van der Waals surface area contributed by atoms with Crippen LogP contribution in [0.3, 0.4) is 0 Å². The van der Waals surface area contributed by atoms with E-state index < -0.39 is 5.91 Å². The molecule has 106 valence electrons. The fraction of sp³-hybridized carbons (Fsp3) is 0.200. The number of rotatable bonds is 3. The van der Waals surface area contributed by atoms with Crippen LogP contribution in [0.15, 0.2) is 30.5 Å². The first-order valence-corrected chi connectivity index (χ1v) is 6.45. The number of aromatic nitrogens is 2. The summed E-state index contributed by atoms with van der Waals surface area (Å²) in [5.41, 5.74) is 7.09. The van der Waals surface area contributed by atoms with Crippen LogP contribution >= 0.6 is 0 Å². The molecule has 3 N–H and O–H groups in total. The lowest BCUT2D eigenvalue weighted by atomic mass is 10.2. The predicted octanol–water partition coefficient (Wildman–Crippen LogP) is 2.31. The Morgan fingerprint density at radius 2 is 2.19 bits per heavy atom. The van der Waals surface area contributed by atoms with Gasteiger partial charge in [-0.05, 0) is 18.2 Å². The molecular formula is C15H15N5O. The first-order chi connectivity index (χ1) is 10.0. The molecule has 0 unspecified atom stereocenters. The molecule has 0 fully saturated rings. The fourth-order valence-electron chi connectivity index (χ4n) is 1.72. The van der Waals surface area contributed by atoms with Crippen LogP contribution in [0.5, 0.6) is 0 Å². The fourth-order valence-corrected chi connectivity index (χ4v) is 1.72. The van der Waals surface area contributed by atoms with Gasteiger partial charge in [0.05, 0.1) is 23.5 Å². The van der Waals surface area contributed by atoms with Crippen LogP contribution in [0.1, 0.15) is 41.6 Å². The molecule has 6 nitrogen and oxygen atoms in total. The summed E-state index contributed by atoms with van der Waals surface area (Å²) in [7, 11) is 0. The lowest BCUT2D eigenvalue weighted by molar-refractivity contribution is 0.102. The van der Waals surface area contributed by atoms with Crippen molar-refractivity contribution in [2.75, 3.05) is 11.1 Å². The van der Waals surface area contributed by atoms with Gasteiger partial charge in [0.1, 0.15) is 5.82 Å². The van der Waals surface area contributed by atoms with E-state index in [4.69, 9.17) is 11.0 Å². The van der Waals surface area contributed by atoms with Crippen molar-refractivity contribution in [2.45, 2.75) is 19.8 Å². The maximum atomic E-state index is 12.2. The third kappa shape index (κ3) is 3.34. The lowest BCUT2D eigenvalue weighted by Gasteiger charge is -2.09. The summed E-state index contributed by atoms with van der Waals surface area (Å²) < 4.78 is 0. The van der Waals surface area contributed by atoms with Gasteiger partial charge in [-0.15, -0.1) is 0 Å². The number of nitrogens with zero attached hydrogens (tertiary/aromatic N) is 3. The van der Waals surface area contributed by atoms with Gasteiger partial charge in [0.15, 0.2) is 5.69 Å². The quantitative estimate of drug-likeness (QED) is 0.898. The van der Waals surface area contributed by atoms with E-state index in [0.717, 1.165) is 0 Å². The molecule has 21 heavy (non-hydrogen) atoms. The third-order valence-corrected chi connectivity index (χ3v) is 2.82. The predicted molar refractivity (Wildman–Crippen MR) is 79.6 cm³/mol. The van der Waals surface area contributed by atoms with Gasteiger partial charge < -0.3 is 11.1 Å². The minimum Gasteiger partial charge on any atom is -0.396 e. The molecule has 0 aliphatic rings. The van der Waals surface area contributed by atoms with Crippen LogP contribution in [0.4, 0.5) is 11.4 Å². The number of carbonyl (C=O) groups excluding carboxylic acids is 1. The minimum atomic E-state index is -0.424. The highest BCUT2D eigenvalue weighted by atomic mass is 16.1. The largest absolute Gasteiger partial charge is 0.396 e. The molecule has 2 rings (SSSR count). The molecule has 0 radical (unpaired) electrons. The van der Waals surface area contributed by atoms with E-state index in [1.54, 1.807) is 24.3 Å².